The zero-order valence-electron chi connectivity index (χ0n) is 19.0. The summed E-state index contributed by atoms with van der Waals surface area (Å²) >= 11 is 3.32. The molecule has 11 nitrogen and oxygen atoms in total. The number of Topliss-reactive ketones (excluding diaryl/α,β-unsaturated/α-hetero) is 1. The standard InChI is InChI=1S/C24H14N4O7S3/c29-24-22(36-19-7-1-16(2-8-19)26(30)31)13-15(25-38-21-11-5-18(6-12-21)28(34)35)14-23(24)37-20-9-3-17(4-10-20)27(32)33/h1-14H. The van der Waals surface area contributed by atoms with Crippen LogP contribution in [0.2, 0.25) is 0 Å². The topological polar surface area (TPSA) is 159 Å². The Hall–Kier alpha value is -4.27. The van der Waals surface area contributed by atoms with Gasteiger partial charge >= 0.3 is 0 Å². The average molecular weight is 567 g/mol. The van der Waals surface area contributed by atoms with Crippen molar-refractivity contribution in [2.45, 2.75) is 14.7 Å². The molecule has 3 aromatic carbocycles. The van der Waals surface area contributed by atoms with Crippen molar-refractivity contribution in [2.24, 2.45) is 4.40 Å². The van der Waals surface area contributed by atoms with Gasteiger partial charge in [-0.3, -0.25) is 35.1 Å². The second kappa shape index (κ2) is 11.9. The van der Waals surface area contributed by atoms with Crippen LogP contribution in [0.1, 0.15) is 0 Å². The van der Waals surface area contributed by atoms with Gasteiger partial charge in [0.1, 0.15) is 0 Å². The van der Waals surface area contributed by atoms with Crippen LogP contribution in [0.15, 0.2) is 114 Å². The number of hydrogen-bond acceptors (Lipinski definition) is 11. The number of benzene rings is 3. The summed E-state index contributed by atoms with van der Waals surface area (Å²) in [5.74, 6) is -0.295. The van der Waals surface area contributed by atoms with Crippen LogP contribution in [0.25, 0.3) is 0 Å². The van der Waals surface area contributed by atoms with Crippen LogP contribution >= 0.6 is 35.5 Å². The van der Waals surface area contributed by atoms with Crippen LogP contribution in [0, 0.1) is 30.3 Å². The van der Waals surface area contributed by atoms with Crippen molar-refractivity contribution in [1.82, 2.24) is 0 Å². The van der Waals surface area contributed by atoms with Gasteiger partial charge in [0.25, 0.3) is 17.1 Å². The molecule has 1 aliphatic rings. The molecule has 38 heavy (non-hydrogen) atoms. The fourth-order valence-corrected chi connectivity index (χ4v) is 5.48. The first kappa shape index (κ1) is 26.8. The Kier molecular flexibility index (Phi) is 8.35. The van der Waals surface area contributed by atoms with E-state index in [2.05, 4.69) is 4.40 Å². The zero-order chi connectivity index (χ0) is 27.2. The van der Waals surface area contributed by atoms with Crippen molar-refractivity contribution < 1.29 is 19.6 Å². The highest BCUT2D eigenvalue weighted by Crippen LogP contribution is 2.38. The average Bonchev–Trinajstić information content (AvgIpc) is 2.90. The molecule has 0 saturated heterocycles. The maximum atomic E-state index is 13.3. The number of nitro benzene ring substituents is 3. The number of nitrogens with zero attached hydrogens (tertiary/aromatic N) is 4. The first-order valence-corrected chi connectivity index (χ1v) is 12.9. The Morgan fingerprint density at radius 2 is 0.895 bits per heavy atom. The van der Waals surface area contributed by atoms with E-state index in [1.54, 1.807) is 48.6 Å². The summed E-state index contributed by atoms with van der Waals surface area (Å²) in [6, 6.07) is 17.4. The number of thioether (sulfide) groups is 2. The van der Waals surface area contributed by atoms with E-state index < -0.39 is 14.8 Å². The number of carbonyl (C=O) groups excluding carboxylic acids is 1. The number of nitro groups is 3. The minimum absolute atomic E-state index is 0.0476. The third kappa shape index (κ3) is 6.73. The lowest BCUT2D eigenvalue weighted by Crippen LogP contribution is -2.10. The lowest BCUT2D eigenvalue weighted by molar-refractivity contribution is -0.385. The summed E-state index contributed by atoms with van der Waals surface area (Å²) in [6.07, 6.45) is 3.18. The van der Waals surface area contributed by atoms with Crippen LogP contribution in [0.4, 0.5) is 17.1 Å². The summed E-state index contributed by atoms with van der Waals surface area (Å²) < 4.78 is 4.47. The molecule has 0 radical (unpaired) electrons. The molecule has 0 N–H and O–H groups in total. The number of rotatable bonds is 9. The third-order valence-corrected chi connectivity index (χ3v) is 7.71. The molecule has 190 valence electrons. The first-order valence-electron chi connectivity index (χ1n) is 10.5. The molecule has 0 atom stereocenters. The molecular formula is C24H14N4O7S3. The van der Waals surface area contributed by atoms with E-state index >= 15 is 0 Å². The molecule has 0 bridgehead atoms. The van der Waals surface area contributed by atoms with E-state index in [1.807, 2.05) is 0 Å². The lowest BCUT2D eigenvalue weighted by atomic mass is 10.1. The highest BCUT2D eigenvalue weighted by atomic mass is 32.2. The Morgan fingerprint density at radius 1 is 0.553 bits per heavy atom. The molecule has 4 rings (SSSR count). The van der Waals surface area contributed by atoms with E-state index in [0.29, 0.717) is 30.2 Å². The van der Waals surface area contributed by atoms with E-state index in [0.717, 1.165) is 35.5 Å². The number of carbonyl (C=O) groups is 1. The first-order chi connectivity index (χ1) is 18.2. The van der Waals surface area contributed by atoms with Gasteiger partial charge in [0.2, 0.25) is 5.78 Å². The van der Waals surface area contributed by atoms with Gasteiger partial charge in [0.05, 0.1) is 30.3 Å². The number of non-ortho nitro benzene ring substituents is 3. The Bertz CT molecular complexity index is 1440. The van der Waals surface area contributed by atoms with Crippen molar-refractivity contribution in [3.05, 3.63) is 125 Å². The molecule has 0 fully saturated rings. The van der Waals surface area contributed by atoms with E-state index in [1.165, 1.54) is 36.4 Å². The van der Waals surface area contributed by atoms with Gasteiger partial charge in [-0.15, -0.1) is 0 Å². The number of allylic oxidation sites excluding steroid dienone is 4. The summed E-state index contributed by atoms with van der Waals surface area (Å²) in [7, 11) is 0. The molecule has 0 aromatic heterocycles. The maximum absolute atomic E-state index is 13.3. The molecule has 0 saturated carbocycles. The minimum Gasteiger partial charge on any atom is -0.287 e. The molecule has 0 unspecified atom stereocenters. The second-order valence-corrected chi connectivity index (χ2v) is 10.5. The summed E-state index contributed by atoms with van der Waals surface area (Å²) in [4.78, 5) is 47.1. The second-order valence-electron chi connectivity index (χ2n) is 7.41. The van der Waals surface area contributed by atoms with Crippen molar-refractivity contribution in [3.8, 4) is 0 Å². The van der Waals surface area contributed by atoms with Crippen molar-refractivity contribution in [1.29, 1.82) is 0 Å². The van der Waals surface area contributed by atoms with Gasteiger partial charge in [-0.1, -0.05) is 23.5 Å². The Balaban J connectivity index is 1.61. The van der Waals surface area contributed by atoms with Crippen LogP contribution in [-0.2, 0) is 4.79 Å². The largest absolute Gasteiger partial charge is 0.287 e. The van der Waals surface area contributed by atoms with Gasteiger partial charge < -0.3 is 0 Å². The smallest absolute Gasteiger partial charge is 0.269 e. The molecule has 0 amide bonds. The summed E-state index contributed by atoms with van der Waals surface area (Å²) in [5.41, 5.74) is 0.249. The molecule has 0 aliphatic heterocycles. The maximum Gasteiger partial charge on any atom is 0.269 e. The SMILES string of the molecule is O=C1C(Sc2ccc([N+](=O)[O-])cc2)=CC(=NSc2ccc([N+](=O)[O-])cc2)C=C1Sc1ccc([N+](=O)[O-])cc1. The Labute approximate surface area is 227 Å². The molecule has 1 aliphatic carbocycles. The van der Waals surface area contributed by atoms with E-state index in [-0.39, 0.29) is 22.8 Å². The van der Waals surface area contributed by atoms with Crippen LogP contribution in [0.3, 0.4) is 0 Å². The Morgan fingerprint density at radius 3 is 1.24 bits per heavy atom. The molecule has 3 aromatic rings. The molecule has 14 heteroatoms. The van der Waals surface area contributed by atoms with Crippen molar-refractivity contribution in [2.75, 3.05) is 0 Å². The van der Waals surface area contributed by atoms with Gasteiger partial charge in [-0.2, -0.15) is 0 Å². The quantitative estimate of drug-likeness (QED) is 0.117. The van der Waals surface area contributed by atoms with Crippen LogP contribution < -0.4 is 0 Å². The van der Waals surface area contributed by atoms with Crippen LogP contribution in [-0.4, -0.2) is 26.3 Å². The monoisotopic (exact) mass is 566 g/mol. The molecule has 0 spiro atoms. The lowest BCUT2D eigenvalue weighted by Gasteiger charge is -2.14. The molecule has 0 heterocycles. The third-order valence-electron chi connectivity index (χ3n) is 4.86. The van der Waals surface area contributed by atoms with E-state index in [4.69, 9.17) is 0 Å². The number of ketones is 1. The zero-order valence-corrected chi connectivity index (χ0v) is 21.4. The highest BCUT2D eigenvalue weighted by molar-refractivity contribution is 8.06. The van der Waals surface area contributed by atoms with E-state index in [9.17, 15) is 35.1 Å². The fourth-order valence-electron chi connectivity index (χ4n) is 3.03. The van der Waals surface area contributed by atoms with Crippen molar-refractivity contribution in [3.63, 3.8) is 0 Å². The van der Waals surface area contributed by atoms with Gasteiger partial charge in [-0.25, -0.2) is 4.40 Å². The normalized spacial score (nSPS) is 12.9. The molecular weight excluding hydrogens is 552 g/mol. The van der Waals surface area contributed by atoms with Gasteiger partial charge in [0, 0.05) is 63.0 Å². The number of hydrogen-bond donors (Lipinski definition) is 0. The predicted octanol–water partition coefficient (Wildman–Crippen LogP) is 6.79. The summed E-state index contributed by atoms with van der Waals surface area (Å²) in [6.45, 7) is 0. The predicted molar refractivity (Wildman–Crippen MR) is 145 cm³/mol. The van der Waals surface area contributed by atoms with Gasteiger partial charge in [0.15, 0.2) is 0 Å². The summed E-state index contributed by atoms with van der Waals surface area (Å²) in [5, 5.41) is 32.8. The minimum atomic E-state index is -0.513. The fraction of sp³-hybridized carbons (Fsp3) is 0. The van der Waals surface area contributed by atoms with Crippen molar-refractivity contribution >= 4 is 64.0 Å². The van der Waals surface area contributed by atoms with Gasteiger partial charge in [-0.05, 0) is 48.6 Å². The highest BCUT2D eigenvalue weighted by Gasteiger charge is 2.24. The van der Waals surface area contributed by atoms with Crippen LogP contribution in [0.5, 0.6) is 0 Å².